The molecule has 3 nitrogen and oxygen atoms in total. The summed E-state index contributed by atoms with van der Waals surface area (Å²) in [7, 11) is 0. The predicted molar refractivity (Wildman–Crippen MR) is 70.5 cm³/mol. The van der Waals surface area contributed by atoms with Crippen molar-refractivity contribution in [1.29, 1.82) is 0 Å². The molecule has 0 aliphatic carbocycles. The quantitative estimate of drug-likeness (QED) is 0.482. The molecule has 15 heavy (non-hydrogen) atoms. The van der Waals surface area contributed by atoms with Crippen molar-refractivity contribution in [3.05, 3.63) is 22.4 Å². The van der Waals surface area contributed by atoms with Crippen LogP contribution >= 0.6 is 23.6 Å². The molecule has 1 atom stereocenters. The summed E-state index contributed by atoms with van der Waals surface area (Å²) >= 11 is 6.70. The van der Waals surface area contributed by atoms with Gasteiger partial charge in [0.05, 0.1) is 6.21 Å². The summed E-state index contributed by atoms with van der Waals surface area (Å²) < 4.78 is 0. The van der Waals surface area contributed by atoms with Crippen LogP contribution in [0.3, 0.4) is 0 Å². The number of thiocarbonyl (C=S) groups is 1. The second kappa shape index (κ2) is 6.53. The number of nitrogens with one attached hydrogen (secondary N) is 2. The molecule has 1 rings (SSSR count). The first kappa shape index (κ1) is 12.1. The first-order valence-corrected chi connectivity index (χ1v) is 6.14. The summed E-state index contributed by atoms with van der Waals surface area (Å²) in [5.74, 6) is 0. The molecule has 0 spiro atoms. The van der Waals surface area contributed by atoms with Crippen LogP contribution in [0.5, 0.6) is 0 Å². The summed E-state index contributed by atoms with van der Waals surface area (Å²) in [6, 6.07) is 4.37. The molecule has 0 radical (unpaired) electrons. The van der Waals surface area contributed by atoms with Crippen LogP contribution in [0.2, 0.25) is 0 Å². The lowest BCUT2D eigenvalue weighted by Gasteiger charge is -2.12. The van der Waals surface area contributed by atoms with Crippen molar-refractivity contribution >= 4 is 34.9 Å². The number of hydrazone groups is 1. The van der Waals surface area contributed by atoms with E-state index in [1.54, 1.807) is 17.6 Å². The van der Waals surface area contributed by atoms with Crippen LogP contribution < -0.4 is 10.7 Å². The van der Waals surface area contributed by atoms with E-state index in [0.717, 1.165) is 11.3 Å². The Morgan fingerprint density at radius 2 is 2.53 bits per heavy atom. The first-order chi connectivity index (χ1) is 7.22. The van der Waals surface area contributed by atoms with E-state index in [4.69, 9.17) is 12.2 Å². The molecule has 0 aromatic carbocycles. The maximum atomic E-state index is 5.06. The number of rotatable bonds is 4. The molecule has 0 bridgehead atoms. The summed E-state index contributed by atoms with van der Waals surface area (Å²) in [5, 5.41) is 9.73. The van der Waals surface area contributed by atoms with E-state index in [0.29, 0.717) is 11.2 Å². The van der Waals surface area contributed by atoms with Gasteiger partial charge in [-0.05, 0) is 37.0 Å². The SMILES string of the molecule is CCC(C)NC(=S)N/N=C\c1cccs1. The average Bonchev–Trinajstić information content (AvgIpc) is 2.70. The Morgan fingerprint density at radius 3 is 3.13 bits per heavy atom. The van der Waals surface area contributed by atoms with Gasteiger partial charge in [0.25, 0.3) is 0 Å². The van der Waals surface area contributed by atoms with Crippen molar-refractivity contribution in [1.82, 2.24) is 10.7 Å². The highest BCUT2D eigenvalue weighted by molar-refractivity contribution is 7.80. The van der Waals surface area contributed by atoms with Gasteiger partial charge in [-0.3, -0.25) is 5.43 Å². The van der Waals surface area contributed by atoms with Crippen LogP contribution in [0.15, 0.2) is 22.6 Å². The molecule has 2 N–H and O–H groups in total. The maximum Gasteiger partial charge on any atom is 0.187 e. The fourth-order valence-electron chi connectivity index (χ4n) is 0.877. The van der Waals surface area contributed by atoms with Crippen molar-refractivity contribution < 1.29 is 0 Å². The minimum Gasteiger partial charge on any atom is -0.359 e. The third-order valence-corrected chi connectivity index (χ3v) is 2.91. The molecule has 0 amide bonds. The fourth-order valence-corrected chi connectivity index (χ4v) is 1.72. The zero-order valence-electron chi connectivity index (χ0n) is 8.86. The maximum absolute atomic E-state index is 5.06. The van der Waals surface area contributed by atoms with Crippen molar-refractivity contribution in [2.24, 2.45) is 5.10 Å². The van der Waals surface area contributed by atoms with Gasteiger partial charge in [-0.2, -0.15) is 5.10 Å². The molecule has 5 heteroatoms. The van der Waals surface area contributed by atoms with Crippen molar-refractivity contribution in [3.63, 3.8) is 0 Å². The molecule has 82 valence electrons. The average molecular weight is 241 g/mol. The van der Waals surface area contributed by atoms with Gasteiger partial charge in [-0.25, -0.2) is 0 Å². The normalized spacial score (nSPS) is 12.7. The van der Waals surface area contributed by atoms with Gasteiger partial charge in [0.2, 0.25) is 0 Å². The van der Waals surface area contributed by atoms with E-state index in [1.807, 2.05) is 17.5 Å². The highest BCUT2D eigenvalue weighted by Crippen LogP contribution is 2.03. The van der Waals surface area contributed by atoms with Gasteiger partial charge in [0, 0.05) is 10.9 Å². The summed E-state index contributed by atoms with van der Waals surface area (Å²) in [4.78, 5) is 1.11. The monoisotopic (exact) mass is 241 g/mol. The minimum atomic E-state index is 0.377. The summed E-state index contributed by atoms with van der Waals surface area (Å²) in [6.45, 7) is 4.19. The van der Waals surface area contributed by atoms with E-state index in [9.17, 15) is 0 Å². The highest BCUT2D eigenvalue weighted by Gasteiger charge is 1.98. The third-order valence-electron chi connectivity index (χ3n) is 1.89. The lowest BCUT2D eigenvalue weighted by atomic mass is 10.3. The van der Waals surface area contributed by atoms with E-state index in [-0.39, 0.29) is 0 Å². The Kier molecular flexibility index (Phi) is 5.28. The number of thiophene rings is 1. The topological polar surface area (TPSA) is 36.4 Å². The number of hydrogen-bond donors (Lipinski definition) is 2. The molecule has 1 unspecified atom stereocenters. The van der Waals surface area contributed by atoms with Crippen LogP contribution in [-0.2, 0) is 0 Å². The van der Waals surface area contributed by atoms with Gasteiger partial charge in [0.15, 0.2) is 5.11 Å². The van der Waals surface area contributed by atoms with Crippen LogP contribution in [0.25, 0.3) is 0 Å². The molecule has 0 fully saturated rings. The smallest absolute Gasteiger partial charge is 0.187 e. The Hall–Kier alpha value is -0.940. The number of hydrogen-bond acceptors (Lipinski definition) is 3. The fraction of sp³-hybridized carbons (Fsp3) is 0.400. The lowest BCUT2D eigenvalue weighted by Crippen LogP contribution is -2.37. The highest BCUT2D eigenvalue weighted by atomic mass is 32.1. The van der Waals surface area contributed by atoms with Gasteiger partial charge in [-0.1, -0.05) is 13.0 Å². The van der Waals surface area contributed by atoms with Crippen LogP contribution in [0.1, 0.15) is 25.1 Å². The summed E-state index contributed by atoms with van der Waals surface area (Å²) in [6.07, 6.45) is 2.80. The zero-order chi connectivity index (χ0) is 11.1. The first-order valence-electron chi connectivity index (χ1n) is 4.85. The zero-order valence-corrected chi connectivity index (χ0v) is 10.5. The Morgan fingerprint density at radius 1 is 1.73 bits per heavy atom. The van der Waals surface area contributed by atoms with Gasteiger partial charge < -0.3 is 5.32 Å². The van der Waals surface area contributed by atoms with Gasteiger partial charge in [-0.15, -0.1) is 11.3 Å². The van der Waals surface area contributed by atoms with Crippen molar-refractivity contribution in [3.8, 4) is 0 Å². The Bertz CT molecular complexity index is 319. The molecule has 0 saturated heterocycles. The van der Waals surface area contributed by atoms with Crippen LogP contribution in [0, 0.1) is 0 Å². The van der Waals surface area contributed by atoms with Crippen molar-refractivity contribution in [2.45, 2.75) is 26.3 Å². The largest absolute Gasteiger partial charge is 0.359 e. The van der Waals surface area contributed by atoms with Crippen LogP contribution in [-0.4, -0.2) is 17.4 Å². The third kappa shape index (κ3) is 4.90. The Balaban J connectivity index is 2.28. The molecule has 0 aliphatic rings. The minimum absolute atomic E-state index is 0.377. The lowest BCUT2D eigenvalue weighted by molar-refractivity contribution is 0.635. The Labute approximate surface area is 99.6 Å². The second-order valence-corrected chi connectivity index (χ2v) is 4.56. The molecular weight excluding hydrogens is 226 g/mol. The van der Waals surface area contributed by atoms with Crippen molar-refractivity contribution in [2.75, 3.05) is 0 Å². The summed E-state index contributed by atoms with van der Waals surface area (Å²) in [5.41, 5.74) is 2.78. The molecule has 0 saturated carbocycles. The predicted octanol–water partition coefficient (Wildman–Crippen LogP) is 2.34. The standard InChI is InChI=1S/C10H15N3S2/c1-3-8(2)12-10(14)13-11-7-9-5-4-6-15-9/h4-8H,3H2,1-2H3,(H2,12,13,14)/b11-7-. The second-order valence-electron chi connectivity index (χ2n) is 3.17. The van der Waals surface area contributed by atoms with E-state index >= 15 is 0 Å². The molecule has 1 aromatic heterocycles. The molecular formula is C10H15N3S2. The van der Waals surface area contributed by atoms with E-state index < -0.39 is 0 Å². The molecule has 0 aliphatic heterocycles. The van der Waals surface area contributed by atoms with Crippen LogP contribution in [0.4, 0.5) is 0 Å². The van der Waals surface area contributed by atoms with E-state index in [2.05, 4.69) is 29.7 Å². The molecule has 1 heterocycles. The van der Waals surface area contributed by atoms with E-state index in [1.165, 1.54) is 0 Å². The van der Waals surface area contributed by atoms with Gasteiger partial charge in [0.1, 0.15) is 0 Å². The molecule has 1 aromatic rings. The van der Waals surface area contributed by atoms with Gasteiger partial charge >= 0.3 is 0 Å². The number of nitrogens with zero attached hydrogens (tertiary/aromatic N) is 1.